The Labute approximate surface area is 187 Å². The highest BCUT2D eigenvalue weighted by atomic mass is 32.2. The van der Waals surface area contributed by atoms with Crippen molar-refractivity contribution in [1.82, 2.24) is 5.32 Å². The van der Waals surface area contributed by atoms with Gasteiger partial charge in [0, 0.05) is 12.1 Å². The largest absolute Gasteiger partial charge is 0.352 e. The molecule has 170 valence electrons. The molecule has 31 heavy (non-hydrogen) atoms. The molecule has 0 fully saturated rings. The van der Waals surface area contributed by atoms with Gasteiger partial charge in [-0.2, -0.15) is 0 Å². The molecule has 0 saturated heterocycles. The number of nitrogens with one attached hydrogen (secondary N) is 1. The van der Waals surface area contributed by atoms with E-state index in [0.29, 0.717) is 23.7 Å². The fourth-order valence-corrected chi connectivity index (χ4v) is 4.37. The number of hydrogen-bond donors (Lipinski definition) is 1. The van der Waals surface area contributed by atoms with Crippen molar-refractivity contribution >= 4 is 21.6 Å². The molecule has 0 saturated carbocycles. The topological polar surface area (TPSA) is 66.5 Å². The molecule has 0 radical (unpaired) electrons. The fraction of sp³-hybridized carbons (Fsp3) is 0.480. The average Bonchev–Trinajstić information content (AvgIpc) is 2.73. The minimum Gasteiger partial charge on any atom is -0.352 e. The van der Waals surface area contributed by atoms with Gasteiger partial charge in [-0.05, 0) is 67.1 Å². The molecule has 0 unspecified atom stereocenters. The Balaban J connectivity index is 2.08. The van der Waals surface area contributed by atoms with Gasteiger partial charge in [0.05, 0.1) is 18.5 Å². The SMILES string of the molecule is CCCC[C@H](CC)CNC(=O)c1ccc(CN(c2ccc(C)c(C)c2)S(C)(=O)=O)cc1. The highest BCUT2D eigenvalue weighted by molar-refractivity contribution is 7.92. The summed E-state index contributed by atoms with van der Waals surface area (Å²) < 4.78 is 26.2. The average molecular weight is 445 g/mol. The first-order chi connectivity index (χ1) is 14.7. The number of carbonyl (C=O) groups is 1. The molecule has 1 N–H and O–H groups in total. The van der Waals surface area contributed by atoms with E-state index in [1.54, 1.807) is 12.1 Å². The first-order valence-corrected chi connectivity index (χ1v) is 12.9. The number of amides is 1. The number of unbranched alkanes of at least 4 members (excludes halogenated alkanes) is 1. The first-order valence-electron chi connectivity index (χ1n) is 11.1. The maximum absolute atomic E-state index is 12.5. The van der Waals surface area contributed by atoms with Gasteiger partial charge in [0.15, 0.2) is 0 Å². The minimum absolute atomic E-state index is 0.0874. The second-order valence-electron chi connectivity index (χ2n) is 8.36. The van der Waals surface area contributed by atoms with Crippen molar-refractivity contribution in [2.45, 2.75) is 59.9 Å². The van der Waals surface area contributed by atoms with Crippen LogP contribution in [0, 0.1) is 19.8 Å². The molecule has 2 aromatic carbocycles. The number of carbonyl (C=O) groups excluding carboxylic acids is 1. The quantitative estimate of drug-likeness (QED) is 0.517. The van der Waals surface area contributed by atoms with Crippen LogP contribution in [0.1, 0.15) is 66.6 Å². The Kier molecular flexibility index (Phi) is 9.11. The predicted octanol–water partition coefficient (Wildman–Crippen LogP) is 5.22. The number of nitrogens with zero attached hydrogens (tertiary/aromatic N) is 1. The Morgan fingerprint density at radius 3 is 2.26 bits per heavy atom. The lowest BCUT2D eigenvalue weighted by atomic mass is 9.99. The molecule has 0 bridgehead atoms. The summed E-state index contributed by atoms with van der Waals surface area (Å²) in [5.41, 5.74) is 4.22. The highest BCUT2D eigenvalue weighted by Gasteiger charge is 2.19. The predicted molar refractivity (Wildman–Crippen MR) is 129 cm³/mol. The lowest BCUT2D eigenvalue weighted by Gasteiger charge is -2.23. The summed E-state index contributed by atoms with van der Waals surface area (Å²) in [4.78, 5) is 12.5. The Bertz CT molecular complexity index is 969. The van der Waals surface area contributed by atoms with Crippen molar-refractivity contribution in [3.8, 4) is 0 Å². The van der Waals surface area contributed by atoms with Crippen LogP contribution in [0.3, 0.4) is 0 Å². The summed E-state index contributed by atoms with van der Waals surface area (Å²) in [5.74, 6) is 0.417. The van der Waals surface area contributed by atoms with Crippen molar-refractivity contribution in [2.75, 3.05) is 17.1 Å². The number of aryl methyl sites for hydroxylation is 2. The van der Waals surface area contributed by atoms with Crippen LogP contribution < -0.4 is 9.62 Å². The molecule has 0 aliphatic heterocycles. The number of hydrogen-bond acceptors (Lipinski definition) is 3. The van der Waals surface area contributed by atoms with E-state index in [1.807, 2.05) is 44.2 Å². The third-order valence-corrected chi connectivity index (χ3v) is 6.96. The van der Waals surface area contributed by atoms with Crippen LogP contribution in [-0.4, -0.2) is 27.1 Å². The second-order valence-corrected chi connectivity index (χ2v) is 10.3. The second kappa shape index (κ2) is 11.3. The zero-order valence-corrected chi connectivity index (χ0v) is 20.3. The Hall–Kier alpha value is -2.34. The van der Waals surface area contributed by atoms with Gasteiger partial charge in [0.2, 0.25) is 10.0 Å². The molecule has 0 aliphatic rings. The van der Waals surface area contributed by atoms with Crippen molar-refractivity contribution in [3.05, 3.63) is 64.7 Å². The fourth-order valence-electron chi connectivity index (χ4n) is 3.49. The monoisotopic (exact) mass is 444 g/mol. The van der Waals surface area contributed by atoms with Gasteiger partial charge in [-0.3, -0.25) is 9.10 Å². The van der Waals surface area contributed by atoms with Crippen molar-refractivity contribution in [2.24, 2.45) is 5.92 Å². The Morgan fingerprint density at radius 2 is 1.71 bits per heavy atom. The van der Waals surface area contributed by atoms with Crippen LogP contribution in [0.4, 0.5) is 5.69 Å². The van der Waals surface area contributed by atoms with E-state index in [9.17, 15) is 13.2 Å². The summed E-state index contributed by atoms with van der Waals surface area (Å²) in [5, 5.41) is 3.04. The van der Waals surface area contributed by atoms with E-state index in [0.717, 1.165) is 29.5 Å². The van der Waals surface area contributed by atoms with Crippen LogP contribution in [0.15, 0.2) is 42.5 Å². The van der Waals surface area contributed by atoms with Crippen LogP contribution >= 0.6 is 0 Å². The lowest BCUT2D eigenvalue weighted by Crippen LogP contribution is -2.30. The van der Waals surface area contributed by atoms with E-state index < -0.39 is 10.0 Å². The number of benzene rings is 2. The van der Waals surface area contributed by atoms with Crippen LogP contribution in [0.2, 0.25) is 0 Å². The summed E-state index contributed by atoms with van der Waals surface area (Å²) in [6.45, 7) is 9.21. The molecular formula is C25H36N2O3S. The number of rotatable bonds is 11. The van der Waals surface area contributed by atoms with E-state index >= 15 is 0 Å². The van der Waals surface area contributed by atoms with E-state index in [2.05, 4.69) is 19.2 Å². The van der Waals surface area contributed by atoms with Crippen LogP contribution in [-0.2, 0) is 16.6 Å². The van der Waals surface area contributed by atoms with Gasteiger partial charge in [0.25, 0.3) is 5.91 Å². The zero-order chi connectivity index (χ0) is 23.0. The Morgan fingerprint density at radius 1 is 1.03 bits per heavy atom. The van der Waals surface area contributed by atoms with Gasteiger partial charge in [0.1, 0.15) is 0 Å². The molecule has 5 nitrogen and oxygen atoms in total. The molecular weight excluding hydrogens is 408 g/mol. The summed E-state index contributed by atoms with van der Waals surface area (Å²) in [7, 11) is -3.45. The maximum atomic E-state index is 12.5. The molecule has 0 heterocycles. The van der Waals surface area contributed by atoms with Crippen molar-refractivity contribution < 1.29 is 13.2 Å². The summed E-state index contributed by atoms with van der Waals surface area (Å²) >= 11 is 0. The van der Waals surface area contributed by atoms with Crippen molar-refractivity contribution in [1.29, 1.82) is 0 Å². The third-order valence-electron chi connectivity index (χ3n) is 5.82. The van der Waals surface area contributed by atoms with Gasteiger partial charge in [-0.15, -0.1) is 0 Å². The summed E-state index contributed by atoms with van der Waals surface area (Å²) in [6.07, 6.45) is 5.75. The normalized spacial score (nSPS) is 12.4. The standard InChI is InChI=1S/C25H36N2O3S/c1-6-8-9-21(7-2)17-26-25(28)23-13-11-22(12-14-23)18-27(31(5,29)30)24-15-10-19(3)20(4)16-24/h10-16,21H,6-9,17-18H2,1-5H3,(H,26,28)/t21-/m0/s1. The molecule has 0 aliphatic carbocycles. The van der Waals surface area contributed by atoms with Gasteiger partial charge < -0.3 is 5.32 Å². The number of anilines is 1. The molecule has 1 atom stereocenters. The van der Waals surface area contributed by atoms with Crippen LogP contribution in [0.5, 0.6) is 0 Å². The smallest absolute Gasteiger partial charge is 0.251 e. The highest BCUT2D eigenvalue weighted by Crippen LogP contribution is 2.23. The number of sulfonamides is 1. The van der Waals surface area contributed by atoms with Crippen molar-refractivity contribution in [3.63, 3.8) is 0 Å². The van der Waals surface area contributed by atoms with Gasteiger partial charge in [-0.25, -0.2) is 8.42 Å². The molecule has 2 aromatic rings. The molecule has 1 amide bonds. The molecule has 2 rings (SSSR count). The van der Waals surface area contributed by atoms with Gasteiger partial charge >= 0.3 is 0 Å². The third kappa shape index (κ3) is 7.39. The minimum atomic E-state index is -3.45. The first kappa shape index (κ1) is 24.9. The molecule has 0 spiro atoms. The van der Waals surface area contributed by atoms with Crippen LogP contribution in [0.25, 0.3) is 0 Å². The molecule has 6 heteroatoms. The molecule has 0 aromatic heterocycles. The van der Waals surface area contributed by atoms with E-state index in [1.165, 1.54) is 23.4 Å². The lowest BCUT2D eigenvalue weighted by molar-refractivity contribution is 0.0946. The van der Waals surface area contributed by atoms with E-state index in [4.69, 9.17) is 0 Å². The maximum Gasteiger partial charge on any atom is 0.251 e. The van der Waals surface area contributed by atoms with Gasteiger partial charge in [-0.1, -0.05) is 51.3 Å². The zero-order valence-electron chi connectivity index (χ0n) is 19.4. The van der Waals surface area contributed by atoms with E-state index in [-0.39, 0.29) is 12.5 Å². The summed E-state index contributed by atoms with van der Waals surface area (Å²) in [6, 6.07) is 12.8.